The molecule has 0 radical (unpaired) electrons. The van der Waals surface area contributed by atoms with E-state index in [1.807, 2.05) is 0 Å². The number of carboxylic acid groups (broad SMARTS) is 1. The average molecular weight is 534 g/mol. The molecule has 1 saturated carbocycles. The van der Waals surface area contributed by atoms with Crippen molar-refractivity contribution in [3.63, 3.8) is 0 Å². The van der Waals surface area contributed by atoms with Gasteiger partial charge >= 0.3 is 5.97 Å². The Morgan fingerprint density at radius 3 is 2.71 bits per heavy atom. The number of carbonyl (C=O) groups is 1. The van der Waals surface area contributed by atoms with Gasteiger partial charge in [0.2, 0.25) is 0 Å². The van der Waals surface area contributed by atoms with E-state index in [-0.39, 0.29) is 11.8 Å². The fraction of sp³-hybridized carbons (Fsp3) is 0.483. The maximum atomic E-state index is 10.8. The molecule has 0 bridgehead atoms. The van der Waals surface area contributed by atoms with E-state index in [0.717, 1.165) is 90.0 Å². The molecule has 6 heteroatoms. The number of carboxylic acids is 1. The van der Waals surface area contributed by atoms with Gasteiger partial charge in [-0.1, -0.05) is 54.3 Å². The van der Waals surface area contributed by atoms with Gasteiger partial charge in [0.1, 0.15) is 5.75 Å². The van der Waals surface area contributed by atoms with Gasteiger partial charge in [-0.3, -0.25) is 4.79 Å². The van der Waals surface area contributed by atoms with Crippen LogP contribution in [0.25, 0.3) is 0 Å². The van der Waals surface area contributed by atoms with Gasteiger partial charge in [0.05, 0.1) is 6.61 Å². The van der Waals surface area contributed by atoms with Gasteiger partial charge < -0.3 is 9.84 Å². The first-order valence-electron chi connectivity index (χ1n) is 12.7. The van der Waals surface area contributed by atoms with Crippen LogP contribution >= 0.6 is 35.0 Å². The molecule has 1 fully saturated rings. The lowest BCUT2D eigenvalue weighted by Crippen LogP contribution is -2.27. The Bertz CT molecular complexity index is 1070. The van der Waals surface area contributed by atoms with Gasteiger partial charge in [-0.25, -0.2) is 0 Å². The molecule has 1 atom stereocenters. The number of allylic oxidation sites excluding steroid dienone is 2. The van der Waals surface area contributed by atoms with Gasteiger partial charge in [-0.05, 0) is 86.8 Å². The number of fused-ring (bicyclic) bond motifs is 2. The highest BCUT2D eigenvalue weighted by Crippen LogP contribution is 2.49. The molecule has 1 aliphatic carbocycles. The molecule has 188 valence electrons. The van der Waals surface area contributed by atoms with Crippen molar-refractivity contribution in [3.05, 3.63) is 68.7 Å². The first-order valence-corrected chi connectivity index (χ1v) is 14.4. The zero-order valence-corrected chi connectivity index (χ0v) is 22.7. The van der Waals surface area contributed by atoms with E-state index in [0.29, 0.717) is 6.42 Å². The number of ether oxygens (including phenoxy) is 1. The largest absolute Gasteiger partial charge is 0.492 e. The molecular weight excluding hydrogens is 499 g/mol. The summed E-state index contributed by atoms with van der Waals surface area (Å²) in [5.41, 5.74) is 4.99. The third kappa shape index (κ3) is 6.58. The van der Waals surface area contributed by atoms with Crippen molar-refractivity contribution in [2.45, 2.75) is 87.2 Å². The summed E-state index contributed by atoms with van der Waals surface area (Å²) >= 11 is 14.9. The highest BCUT2D eigenvalue weighted by molar-refractivity contribution is 7.98. The van der Waals surface area contributed by atoms with Gasteiger partial charge in [-0.15, -0.1) is 11.8 Å². The standard InChI is InChI=1S/C29H34Cl2O3S/c1-2-3-6-21-15-25(30)23(26(31)16-21)18-35-22-10-11-24-27(17-22)34-19-29(24)13-5-8-20(12-14-29)7-4-9-28(32)33/h7,10-11,15-17H,2-6,8-9,12-14,18-19H2,1H3,(H,32,33). The third-order valence-electron chi connectivity index (χ3n) is 7.30. The van der Waals surface area contributed by atoms with E-state index in [1.54, 1.807) is 11.8 Å². The van der Waals surface area contributed by atoms with Crippen LogP contribution in [0.1, 0.15) is 81.4 Å². The van der Waals surface area contributed by atoms with Crippen LogP contribution in [0.3, 0.4) is 0 Å². The number of hydrogen-bond donors (Lipinski definition) is 1. The second-order valence-corrected chi connectivity index (χ2v) is 11.7. The third-order valence-corrected chi connectivity index (χ3v) is 9.00. The van der Waals surface area contributed by atoms with Crippen LogP contribution in [-0.2, 0) is 22.4 Å². The van der Waals surface area contributed by atoms with Gasteiger partial charge in [0, 0.05) is 38.1 Å². The second kappa shape index (κ2) is 12.1. The molecule has 0 aromatic heterocycles. The first-order chi connectivity index (χ1) is 16.9. The normalized spacial score (nSPS) is 20.6. The van der Waals surface area contributed by atoms with Crippen molar-refractivity contribution in [3.8, 4) is 5.75 Å². The van der Waals surface area contributed by atoms with Crippen LogP contribution in [0.4, 0.5) is 0 Å². The van der Waals surface area contributed by atoms with Crippen LogP contribution in [0.15, 0.2) is 46.9 Å². The Kier molecular flexibility index (Phi) is 9.13. The van der Waals surface area contributed by atoms with Crippen LogP contribution < -0.4 is 4.74 Å². The van der Waals surface area contributed by atoms with Gasteiger partial charge in [-0.2, -0.15) is 0 Å². The molecule has 1 aliphatic heterocycles. The van der Waals surface area contributed by atoms with E-state index in [1.165, 1.54) is 16.7 Å². The number of rotatable bonds is 9. The molecule has 1 unspecified atom stereocenters. The Balaban J connectivity index is 1.41. The molecule has 3 nitrogen and oxygen atoms in total. The van der Waals surface area contributed by atoms with Crippen LogP contribution in [-0.4, -0.2) is 17.7 Å². The number of thioether (sulfide) groups is 1. The van der Waals surface area contributed by atoms with Crippen molar-refractivity contribution in [2.24, 2.45) is 0 Å². The summed E-state index contributed by atoms with van der Waals surface area (Å²) in [4.78, 5) is 12.0. The van der Waals surface area contributed by atoms with E-state index in [2.05, 4.69) is 43.3 Å². The lowest BCUT2D eigenvalue weighted by atomic mass is 9.76. The zero-order chi connectivity index (χ0) is 24.8. The molecule has 0 saturated heterocycles. The SMILES string of the molecule is CCCCc1cc(Cl)c(CSc2ccc3c(c2)OCC32CCCC(=CCCC(=O)O)CC2)c(Cl)c1. The lowest BCUT2D eigenvalue weighted by Gasteiger charge is -2.26. The van der Waals surface area contributed by atoms with E-state index in [9.17, 15) is 4.79 Å². The summed E-state index contributed by atoms with van der Waals surface area (Å²) in [5, 5.41) is 10.4. The molecule has 2 aromatic rings. The van der Waals surface area contributed by atoms with E-state index >= 15 is 0 Å². The van der Waals surface area contributed by atoms with Crippen molar-refractivity contribution >= 4 is 40.9 Å². The molecule has 1 N–H and O–H groups in total. The molecule has 1 spiro atoms. The minimum Gasteiger partial charge on any atom is -0.492 e. The second-order valence-electron chi connectivity index (χ2n) is 9.81. The summed E-state index contributed by atoms with van der Waals surface area (Å²) in [5.74, 6) is 0.993. The molecular formula is C29H34Cl2O3S. The van der Waals surface area contributed by atoms with Crippen molar-refractivity contribution in [1.82, 2.24) is 0 Å². The molecule has 4 rings (SSSR count). The number of aryl methyl sites for hydroxylation is 1. The Hall–Kier alpha value is -1.62. The molecule has 2 aromatic carbocycles. The first kappa shape index (κ1) is 26.4. The van der Waals surface area contributed by atoms with Crippen molar-refractivity contribution in [1.29, 1.82) is 0 Å². The smallest absolute Gasteiger partial charge is 0.303 e. The monoisotopic (exact) mass is 532 g/mol. The molecule has 2 aliphatic rings. The van der Waals surface area contributed by atoms with Crippen molar-refractivity contribution < 1.29 is 14.6 Å². The summed E-state index contributed by atoms with van der Waals surface area (Å²) in [7, 11) is 0. The Morgan fingerprint density at radius 1 is 1.17 bits per heavy atom. The minimum atomic E-state index is -0.729. The highest BCUT2D eigenvalue weighted by atomic mass is 35.5. The zero-order valence-electron chi connectivity index (χ0n) is 20.4. The number of benzene rings is 2. The summed E-state index contributed by atoms with van der Waals surface area (Å²) < 4.78 is 6.23. The fourth-order valence-corrected chi connectivity index (χ4v) is 7.04. The average Bonchev–Trinajstić information content (AvgIpc) is 3.04. The maximum absolute atomic E-state index is 10.8. The maximum Gasteiger partial charge on any atom is 0.303 e. The molecule has 1 heterocycles. The number of hydrogen-bond acceptors (Lipinski definition) is 3. The predicted molar refractivity (Wildman–Crippen MR) is 146 cm³/mol. The molecule has 0 amide bonds. The Morgan fingerprint density at radius 2 is 1.97 bits per heavy atom. The number of aliphatic carboxylic acids is 1. The fourth-order valence-electron chi connectivity index (χ4n) is 5.24. The van der Waals surface area contributed by atoms with E-state index in [4.69, 9.17) is 33.0 Å². The Labute approximate surface area is 223 Å². The summed E-state index contributed by atoms with van der Waals surface area (Å²) in [6.45, 7) is 2.92. The summed E-state index contributed by atoms with van der Waals surface area (Å²) in [6, 6.07) is 10.7. The lowest BCUT2D eigenvalue weighted by molar-refractivity contribution is -0.136. The van der Waals surface area contributed by atoms with Crippen LogP contribution in [0.2, 0.25) is 10.0 Å². The van der Waals surface area contributed by atoms with Gasteiger partial charge in [0.15, 0.2) is 0 Å². The molecule has 35 heavy (non-hydrogen) atoms. The highest BCUT2D eigenvalue weighted by Gasteiger charge is 2.41. The topological polar surface area (TPSA) is 46.5 Å². The number of unbranched alkanes of at least 4 members (excludes halogenated alkanes) is 1. The minimum absolute atomic E-state index is 0.0713. The van der Waals surface area contributed by atoms with Crippen LogP contribution in [0, 0.1) is 0 Å². The predicted octanol–water partition coefficient (Wildman–Crippen LogP) is 9.01. The van der Waals surface area contributed by atoms with Crippen molar-refractivity contribution in [2.75, 3.05) is 6.61 Å². The number of halogens is 2. The van der Waals surface area contributed by atoms with E-state index < -0.39 is 5.97 Å². The summed E-state index contributed by atoms with van der Waals surface area (Å²) in [6.07, 6.45) is 11.6. The quantitative estimate of drug-likeness (QED) is 0.258. The van der Waals surface area contributed by atoms with Gasteiger partial charge in [0.25, 0.3) is 0 Å². The van der Waals surface area contributed by atoms with Crippen LogP contribution in [0.5, 0.6) is 5.75 Å².